The van der Waals surface area contributed by atoms with Gasteiger partial charge in [-0.3, -0.25) is 4.68 Å². The first-order valence-corrected chi connectivity index (χ1v) is 6.87. The van der Waals surface area contributed by atoms with Crippen molar-refractivity contribution in [1.82, 2.24) is 19.3 Å². The third-order valence-electron chi connectivity index (χ3n) is 3.27. The highest BCUT2D eigenvalue weighted by atomic mass is 35.5. The molecule has 0 aliphatic carbocycles. The summed E-state index contributed by atoms with van der Waals surface area (Å²) in [4.78, 5) is 4.31. The topological polar surface area (TPSA) is 35.6 Å². The summed E-state index contributed by atoms with van der Waals surface area (Å²) >= 11 is 6.12. The molecule has 2 aromatic heterocycles. The van der Waals surface area contributed by atoms with Crippen molar-refractivity contribution in [3.63, 3.8) is 0 Å². The van der Waals surface area contributed by atoms with Gasteiger partial charge in [0.2, 0.25) is 0 Å². The number of halogens is 3. The Balaban J connectivity index is 2.22. The van der Waals surface area contributed by atoms with Gasteiger partial charge in [0.15, 0.2) is 11.6 Å². The van der Waals surface area contributed by atoms with E-state index >= 15 is 0 Å². The lowest BCUT2D eigenvalue weighted by Crippen LogP contribution is -2.08. The first-order chi connectivity index (χ1) is 9.97. The Bertz CT molecular complexity index is 807. The quantitative estimate of drug-likeness (QED) is 0.695. The van der Waals surface area contributed by atoms with Crippen LogP contribution in [0, 0.1) is 11.6 Å². The lowest BCUT2D eigenvalue weighted by Gasteiger charge is -2.09. The number of alkyl halides is 1. The van der Waals surface area contributed by atoms with E-state index in [4.69, 9.17) is 11.6 Å². The monoisotopic (exact) mass is 310 g/mol. The average molecular weight is 311 g/mol. The van der Waals surface area contributed by atoms with Gasteiger partial charge in [0.25, 0.3) is 0 Å². The molecule has 2 heterocycles. The SMILES string of the molecule is CC(Cl)c1nc2ccc(F)c(F)c2n1Cc1ccn(C)n1. The summed E-state index contributed by atoms with van der Waals surface area (Å²) in [6.07, 6.45) is 1.79. The number of fused-ring (bicyclic) bond motifs is 1. The molecule has 0 saturated carbocycles. The van der Waals surface area contributed by atoms with Crippen LogP contribution in [0.3, 0.4) is 0 Å². The minimum absolute atomic E-state index is 0.114. The zero-order valence-electron chi connectivity index (χ0n) is 11.5. The lowest BCUT2D eigenvalue weighted by atomic mass is 10.3. The zero-order chi connectivity index (χ0) is 15.1. The maximum Gasteiger partial charge on any atom is 0.184 e. The fourth-order valence-electron chi connectivity index (χ4n) is 2.35. The van der Waals surface area contributed by atoms with Gasteiger partial charge in [0.1, 0.15) is 11.3 Å². The fraction of sp³-hybridized carbons (Fsp3) is 0.286. The number of nitrogens with zero attached hydrogens (tertiary/aromatic N) is 4. The highest BCUT2D eigenvalue weighted by molar-refractivity contribution is 6.20. The van der Waals surface area contributed by atoms with E-state index in [1.165, 1.54) is 6.07 Å². The number of rotatable bonds is 3. The Hall–Kier alpha value is -1.95. The molecule has 21 heavy (non-hydrogen) atoms. The normalized spacial score (nSPS) is 13.0. The summed E-state index contributed by atoms with van der Waals surface area (Å²) in [6.45, 7) is 2.02. The highest BCUT2D eigenvalue weighted by Crippen LogP contribution is 2.28. The molecule has 0 aliphatic rings. The largest absolute Gasteiger partial charge is 0.318 e. The molecule has 1 atom stereocenters. The van der Waals surface area contributed by atoms with Crippen molar-refractivity contribution in [1.29, 1.82) is 0 Å². The molecule has 4 nitrogen and oxygen atoms in total. The van der Waals surface area contributed by atoms with E-state index < -0.39 is 17.0 Å². The van der Waals surface area contributed by atoms with Gasteiger partial charge in [-0.1, -0.05) is 0 Å². The van der Waals surface area contributed by atoms with Gasteiger partial charge in [-0.2, -0.15) is 5.10 Å². The molecular weight excluding hydrogens is 298 g/mol. The maximum atomic E-state index is 14.1. The predicted octanol–water partition coefficient (Wildman–Crippen LogP) is 3.40. The molecule has 1 unspecified atom stereocenters. The van der Waals surface area contributed by atoms with Crippen molar-refractivity contribution in [3.8, 4) is 0 Å². The van der Waals surface area contributed by atoms with Crippen LogP contribution in [-0.4, -0.2) is 19.3 Å². The van der Waals surface area contributed by atoms with Crippen molar-refractivity contribution < 1.29 is 8.78 Å². The van der Waals surface area contributed by atoms with Crippen LogP contribution in [-0.2, 0) is 13.6 Å². The van der Waals surface area contributed by atoms with Gasteiger partial charge < -0.3 is 4.57 Å². The van der Waals surface area contributed by atoms with Crippen LogP contribution in [0.2, 0.25) is 0 Å². The summed E-state index contributed by atoms with van der Waals surface area (Å²) in [6, 6.07) is 4.33. The molecule has 0 saturated heterocycles. The van der Waals surface area contributed by atoms with E-state index in [0.29, 0.717) is 11.3 Å². The molecule has 7 heteroatoms. The molecule has 0 bridgehead atoms. The molecule has 3 aromatic rings. The minimum atomic E-state index is -0.917. The summed E-state index contributed by atoms with van der Waals surface area (Å²) in [7, 11) is 1.79. The van der Waals surface area contributed by atoms with E-state index in [1.54, 1.807) is 29.4 Å². The minimum Gasteiger partial charge on any atom is -0.318 e. The summed E-state index contributed by atoms with van der Waals surface area (Å²) in [5, 5.41) is 3.83. The van der Waals surface area contributed by atoms with Gasteiger partial charge in [0, 0.05) is 13.2 Å². The number of aromatic nitrogens is 4. The Morgan fingerprint density at radius 3 is 2.67 bits per heavy atom. The molecule has 0 N–H and O–H groups in total. The first kappa shape index (κ1) is 14.0. The molecule has 0 spiro atoms. The second-order valence-electron chi connectivity index (χ2n) is 4.88. The third kappa shape index (κ3) is 2.40. The standard InChI is InChI=1S/C14H13ClF2N4/c1-8(15)14-18-11-4-3-10(16)12(17)13(11)21(14)7-9-5-6-20(2)19-9/h3-6,8H,7H2,1-2H3. The van der Waals surface area contributed by atoms with Crippen molar-refractivity contribution in [2.75, 3.05) is 0 Å². The van der Waals surface area contributed by atoms with E-state index in [0.717, 1.165) is 11.8 Å². The number of hydrogen-bond donors (Lipinski definition) is 0. The van der Waals surface area contributed by atoms with Gasteiger partial charge >= 0.3 is 0 Å². The van der Waals surface area contributed by atoms with Crippen molar-refractivity contribution >= 4 is 22.6 Å². The second kappa shape index (κ2) is 5.11. The van der Waals surface area contributed by atoms with Crippen molar-refractivity contribution in [2.45, 2.75) is 18.8 Å². The van der Waals surface area contributed by atoms with Crippen molar-refractivity contribution in [2.24, 2.45) is 7.05 Å². The second-order valence-corrected chi connectivity index (χ2v) is 5.54. The van der Waals surface area contributed by atoms with Gasteiger partial charge in [0.05, 0.1) is 23.1 Å². The van der Waals surface area contributed by atoms with Crippen LogP contribution < -0.4 is 0 Å². The highest BCUT2D eigenvalue weighted by Gasteiger charge is 2.20. The molecular formula is C14H13ClF2N4. The number of imidazole rings is 1. The predicted molar refractivity (Wildman–Crippen MR) is 76.2 cm³/mol. The van der Waals surface area contributed by atoms with E-state index in [1.807, 2.05) is 6.07 Å². The average Bonchev–Trinajstić information content (AvgIpc) is 2.99. The first-order valence-electron chi connectivity index (χ1n) is 6.44. The van der Waals surface area contributed by atoms with Crippen LogP contribution in [0.4, 0.5) is 8.78 Å². The van der Waals surface area contributed by atoms with E-state index in [9.17, 15) is 8.78 Å². The summed E-state index contributed by atoms with van der Waals surface area (Å²) < 4.78 is 30.9. The molecule has 0 aliphatic heterocycles. The van der Waals surface area contributed by atoms with Gasteiger partial charge in [-0.15, -0.1) is 11.6 Å². The molecule has 1 aromatic carbocycles. The molecule has 0 amide bonds. The molecule has 110 valence electrons. The van der Waals surface area contributed by atoms with E-state index in [-0.39, 0.29) is 12.1 Å². The summed E-state index contributed by atoms with van der Waals surface area (Å²) in [5.74, 6) is -1.33. The Morgan fingerprint density at radius 1 is 1.29 bits per heavy atom. The summed E-state index contributed by atoms with van der Waals surface area (Å²) in [5.41, 5.74) is 1.22. The van der Waals surface area contributed by atoms with Gasteiger partial charge in [-0.25, -0.2) is 13.8 Å². The number of hydrogen-bond acceptors (Lipinski definition) is 2. The smallest absolute Gasteiger partial charge is 0.184 e. The van der Waals surface area contributed by atoms with Crippen LogP contribution >= 0.6 is 11.6 Å². The Kier molecular flexibility index (Phi) is 3.41. The van der Waals surface area contributed by atoms with Crippen LogP contribution in [0.25, 0.3) is 11.0 Å². The molecule has 0 radical (unpaired) electrons. The van der Waals surface area contributed by atoms with E-state index in [2.05, 4.69) is 10.1 Å². The Labute approximate surface area is 125 Å². The van der Waals surface area contributed by atoms with Crippen LogP contribution in [0.5, 0.6) is 0 Å². The zero-order valence-corrected chi connectivity index (χ0v) is 12.3. The van der Waals surface area contributed by atoms with Crippen molar-refractivity contribution in [3.05, 3.63) is 47.5 Å². The maximum absolute atomic E-state index is 14.1. The van der Waals surface area contributed by atoms with Gasteiger partial charge in [-0.05, 0) is 25.1 Å². The Morgan fingerprint density at radius 2 is 2.05 bits per heavy atom. The number of aryl methyl sites for hydroxylation is 1. The fourth-order valence-corrected chi connectivity index (χ4v) is 2.51. The third-order valence-corrected chi connectivity index (χ3v) is 3.47. The lowest BCUT2D eigenvalue weighted by molar-refractivity contribution is 0.511. The number of benzene rings is 1. The molecule has 0 fully saturated rings. The van der Waals surface area contributed by atoms with Crippen LogP contribution in [0.1, 0.15) is 23.8 Å². The van der Waals surface area contributed by atoms with Crippen LogP contribution in [0.15, 0.2) is 24.4 Å². The molecule has 3 rings (SSSR count).